The Kier molecular flexibility index (Phi) is 5.18. The Bertz CT molecular complexity index is 455. The van der Waals surface area contributed by atoms with Crippen LogP contribution in [-0.2, 0) is 15.6 Å². The summed E-state index contributed by atoms with van der Waals surface area (Å²) in [5.74, 6) is 0.299. The van der Waals surface area contributed by atoms with Gasteiger partial charge in [-0.1, -0.05) is 12.1 Å². The number of hydrogen-bond donors (Lipinski definition) is 0. The first-order valence-electron chi connectivity index (χ1n) is 6.10. The number of carbonyl (C=O) groups is 2. The predicted octanol–water partition coefficient (Wildman–Crippen LogP) is 2.70. The molecule has 4 heteroatoms. The third-order valence-corrected chi connectivity index (χ3v) is 3.10. The van der Waals surface area contributed by atoms with Gasteiger partial charge in [0.2, 0.25) is 5.78 Å². The number of Topliss-reactive ketones (excluding diaryl/α,β-unsaturated/α-hetero) is 1. The molecule has 0 radical (unpaired) electrons. The van der Waals surface area contributed by atoms with E-state index in [2.05, 4.69) is 0 Å². The van der Waals surface area contributed by atoms with E-state index in [9.17, 15) is 9.59 Å². The van der Waals surface area contributed by atoms with Gasteiger partial charge in [-0.15, -0.1) is 0 Å². The average Bonchev–Trinajstić information content (AvgIpc) is 2.26. The monoisotopic (exact) mass is 281 g/mol. The van der Waals surface area contributed by atoms with E-state index >= 15 is 0 Å². The van der Waals surface area contributed by atoms with Gasteiger partial charge in [-0.3, -0.25) is 4.79 Å². The van der Waals surface area contributed by atoms with Crippen molar-refractivity contribution in [1.82, 2.24) is 0 Å². The van der Waals surface area contributed by atoms with E-state index in [0.29, 0.717) is 16.9 Å². The van der Waals surface area contributed by atoms with Crippen molar-refractivity contribution >= 4 is 22.6 Å². The van der Waals surface area contributed by atoms with Crippen LogP contribution in [0.5, 0.6) is 0 Å². The maximum Gasteiger partial charge on any atom is 0.338 e. The maximum absolute atomic E-state index is 11.9. The lowest BCUT2D eigenvalue weighted by molar-refractivity contribution is 0.00693. The smallest absolute Gasteiger partial charge is 0.338 e. The Hall–Kier alpha value is -1.29. The van der Waals surface area contributed by atoms with Gasteiger partial charge in [-0.25, -0.2) is 4.79 Å². The summed E-state index contributed by atoms with van der Waals surface area (Å²) in [6.07, 6.45) is 4.07. The zero-order valence-corrected chi connectivity index (χ0v) is 13.0. The van der Waals surface area contributed by atoms with Crippen LogP contribution in [-0.4, -0.2) is 35.6 Å². The van der Waals surface area contributed by atoms with Gasteiger partial charge in [-0.05, 0) is 43.8 Å². The fourth-order valence-corrected chi connectivity index (χ4v) is 2.17. The first-order chi connectivity index (χ1) is 8.69. The van der Waals surface area contributed by atoms with Gasteiger partial charge >= 0.3 is 5.97 Å². The summed E-state index contributed by atoms with van der Waals surface area (Å²) >= 11 is 0. The first kappa shape index (κ1) is 15.8. The molecule has 0 N–H and O–H groups in total. The number of esters is 1. The van der Waals surface area contributed by atoms with Crippen LogP contribution in [0.15, 0.2) is 24.3 Å². The number of ether oxygens (including phenoxy) is 1. The highest BCUT2D eigenvalue weighted by molar-refractivity contribution is 7.96. The third-order valence-electron chi connectivity index (χ3n) is 2.26. The van der Waals surface area contributed by atoms with E-state index in [1.165, 1.54) is 0 Å². The van der Waals surface area contributed by atoms with Gasteiger partial charge in [0.1, 0.15) is 5.60 Å². The summed E-state index contributed by atoms with van der Waals surface area (Å²) in [7, 11) is 0.0852. The van der Waals surface area contributed by atoms with Crippen LogP contribution in [0.2, 0.25) is 0 Å². The molecule has 0 heterocycles. The Morgan fingerprint density at radius 2 is 1.53 bits per heavy atom. The summed E-state index contributed by atoms with van der Waals surface area (Å²) in [5, 5.41) is 0. The molecule has 1 rings (SSSR count). The van der Waals surface area contributed by atoms with Gasteiger partial charge in [0, 0.05) is 5.56 Å². The predicted molar refractivity (Wildman–Crippen MR) is 80.0 cm³/mol. The first-order valence-corrected chi connectivity index (χ1v) is 8.31. The van der Waals surface area contributed by atoms with Crippen molar-refractivity contribution in [2.24, 2.45) is 0 Å². The molecule has 0 aliphatic heterocycles. The van der Waals surface area contributed by atoms with Crippen molar-refractivity contribution in [2.75, 3.05) is 18.3 Å². The van der Waals surface area contributed by atoms with E-state index < -0.39 is 5.60 Å². The summed E-state index contributed by atoms with van der Waals surface area (Å²) in [5.41, 5.74) is 0.608. The van der Waals surface area contributed by atoms with Crippen LogP contribution in [0.4, 0.5) is 0 Å². The molecule has 0 fully saturated rings. The van der Waals surface area contributed by atoms with E-state index in [0.717, 1.165) is 0 Å². The Labute approximate surface area is 117 Å². The molecule has 0 saturated heterocycles. The molecule has 0 aliphatic carbocycles. The molecule has 1 aromatic rings. The fraction of sp³-hybridized carbons (Fsp3) is 0.467. The minimum atomic E-state index is -0.510. The molecule has 1 aromatic carbocycles. The normalized spacial score (nSPS) is 11.5. The molecule has 0 spiro atoms. The average molecular weight is 281 g/mol. The number of ketones is 1. The van der Waals surface area contributed by atoms with Crippen LogP contribution >= 0.6 is 0 Å². The molecule has 3 nitrogen and oxygen atoms in total. The highest BCUT2D eigenvalue weighted by Gasteiger charge is 2.19. The molecular formula is C15H21O3S+. The third kappa shape index (κ3) is 5.47. The van der Waals surface area contributed by atoms with Crippen LogP contribution in [0.25, 0.3) is 0 Å². The topological polar surface area (TPSA) is 43.4 Å². The van der Waals surface area contributed by atoms with Crippen molar-refractivity contribution in [3.63, 3.8) is 0 Å². The number of carbonyl (C=O) groups excluding carboxylic acids is 2. The lowest BCUT2D eigenvalue weighted by Crippen LogP contribution is -2.24. The molecular weight excluding hydrogens is 260 g/mol. The van der Waals surface area contributed by atoms with Gasteiger partial charge in [0.25, 0.3) is 0 Å². The highest BCUT2D eigenvalue weighted by atomic mass is 32.2. The second-order valence-corrected chi connectivity index (χ2v) is 7.89. The van der Waals surface area contributed by atoms with Crippen LogP contribution in [0, 0.1) is 0 Å². The van der Waals surface area contributed by atoms with Crippen molar-refractivity contribution in [2.45, 2.75) is 26.4 Å². The fourth-order valence-electron chi connectivity index (χ4n) is 1.47. The summed E-state index contributed by atoms with van der Waals surface area (Å²) in [6.45, 7) is 5.48. The van der Waals surface area contributed by atoms with Crippen molar-refractivity contribution in [3.05, 3.63) is 35.4 Å². The van der Waals surface area contributed by atoms with Gasteiger partial charge in [0.15, 0.2) is 5.75 Å². The lowest BCUT2D eigenvalue weighted by atomic mass is 10.1. The SMILES string of the molecule is C[S+](C)CC(=O)c1ccc(C(=O)OC(C)(C)C)cc1. The zero-order chi connectivity index (χ0) is 14.6. The van der Waals surface area contributed by atoms with Crippen LogP contribution in [0.1, 0.15) is 41.5 Å². The second kappa shape index (κ2) is 6.24. The molecule has 0 atom stereocenters. The Morgan fingerprint density at radius 3 is 1.95 bits per heavy atom. The van der Waals surface area contributed by atoms with Crippen LogP contribution in [0.3, 0.4) is 0 Å². The summed E-state index contributed by atoms with van der Waals surface area (Å²) < 4.78 is 5.27. The standard InChI is InChI=1S/C15H21O3S/c1-15(2,3)18-14(17)12-8-6-11(7-9-12)13(16)10-19(4)5/h6-9H,10H2,1-5H3/q+1. The van der Waals surface area contributed by atoms with E-state index in [1.807, 2.05) is 33.3 Å². The van der Waals surface area contributed by atoms with E-state index in [1.54, 1.807) is 24.3 Å². The molecule has 0 aromatic heterocycles. The lowest BCUT2D eigenvalue weighted by Gasteiger charge is -2.19. The molecule has 19 heavy (non-hydrogen) atoms. The van der Waals surface area contributed by atoms with E-state index in [-0.39, 0.29) is 22.6 Å². The minimum absolute atomic E-state index is 0.0852. The minimum Gasteiger partial charge on any atom is -0.456 e. The molecule has 0 saturated carbocycles. The van der Waals surface area contributed by atoms with Gasteiger partial charge in [-0.2, -0.15) is 0 Å². The largest absolute Gasteiger partial charge is 0.456 e. The Balaban J connectivity index is 2.76. The second-order valence-electron chi connectivity index (χ2n) is 5.63. The molecule has 0 bridgehead atoms. The van der Waals surface area contributed by atoms with Gasteiger partial charge < -0.3 is 4.74 Å². The van der Waals surface area contributed by atoms with E-state index in [4.69, 9.17) is 4.74 Å². The molecule has 0 unspecified atom stereocenters. The van der Waals surface area contributed by atoms with Crippen molar-refractivity contribution < 1.29 is 14.3 Å². The number of hydrogen-bond acceptors (Lipinski definition) is 3. The van der Waals surface area contributed by atoms with Crippen LogP contribution < -0.4 is 0 Å². The summed E-state index contributed by atoms with van der Waals surface area (Å²) in [4.78, 5) is 23.7. The quantitative estimate of drug-likeness (QED) is 0.484. The molecule has 104 valence electrons. The summed E-state index contributed by atoms with van der Waals surface area (Å²) in [6, 6.07) is 6.67. The molecule has 0 aliphatic rings. The highest BCUT2D eigenvalue weighted by Crippen LogP contribution is 2.13. The van der Waals surface area contributed by atoms with Crippen molar-refractivity contribution in [1.29, 1.82) is 0 Å². The maximum atomic E-state index is 11.9. The zero-order valence-electron chi connectivity index (χ0n) is 12.1. The van der Waals surface area contributed by atoms with Gasteiger partial charge in [0.05, 0.1) is 18.1 Å². The Morgan fingerprint density at radius 1 is 1.05 bits per heavy atom. The van der Waals surface area contributed by atoms with Crippen molar-refractivity contribution in [3.8, 4) is 0 Å². The number of rotatable bonds is 4. The molecule has 0 amide bonds. The number of benzene rings is 1.